The number of piperidine rings is 1. The molecule has 2 heterocycles. The molecule has 1 aromatic heterocycles. The van der Waals surface area contributed by atoms with Gasteiger partial charge in [-0.05, 0) is 79.5 Å². The number of fused-ring (bicyclic) bond motifs is 3. The summed E-state index contributed by atoms with van der Waals surface area (Å²) < 4.78 is 0. The van der Waals surface area contributed by atoms with Crippen molar-refractivity contribution >= 4 is 10.9 Å². The highest BCUT2D eigenvalue weighted by atomic mass is 16.3. The quantitative estimate of drug-likeness (QED) is 0.710. The van der Waals surface area contributed by atoms with E-state index >= 15 is 0 Å². The van der Waals surface area contributed by atoms with Crippen molar-refractivity contribution in [2.45, 2.75) is 37.5 Å². The Bertz CT molecular complexity index is 1070. The Balaban J connectivity index is 1.44. The lowest BCUT2D eigenvalue weighted by atomic mass is 9.58. The van der Waals surface area contributed by atoms with Gasteiger partial charge in [0.1, 0.15) is 5.75 Å². The topological polar surface area (TPSA) is 36.4 Å². The molecule has 2 aromatic carbocycles. The van der Waals surface area contributed by atoms with Crippen LogP contribution in [-0.2, 0) is 18.3 Å². The molecular weight excluding hydrogens is 356 g/mol. The molecule has 3 aliphatic rings. The van der Waals surface area contributed by atoms with Crippen LogP contribution in [0.2, 0.25) is 0 Å². The van der Waals surface area contributed by atoms with Crippen molar-refractivity contribution in [2.24, 2.45) is 11.8 Å². The number of likely N-dealkylation sites (tertiary alicyclic amines) is 1. The molecule has 0 amide bonds. The van der Waals surface area contributed by atoms with E-state index in [1.807, 2.05) is 12.1 Å². The van der Waals surface area contributed by atoms with Gasteiger partial charge in [-0.2, -0.15) is 0 Å². The third kappa shape index (κ3) is 3.03. The summed E-state index contributed by atoms with van der Waals surface area (Å²) in [6.45, 7) is 3.60. The molecule has 2 aliphatic carbocycles. The number of nitrogens with zero attached hydrogens (tertiary/aromatic N) is 2. The van der Waals surface area contributed by atoms with Crippen LogP contribution in [0.15, 0.2) is 54.6 Å². The SMILES string of the molecule is Oc1cccc([C@@]23CCN(CC4CC4)C[C@H]2Cc2cc4ccccc4nc2C3)c1. The van der Waals surface area contributed by atoms with E-state index in [2.05, 4.69) is 41.3 Å². The van der Waals surface area contributed by atoms with Crippen LogP contribution in [0.25, 0.3) is 10.9 Å². The minimum atomic E-state index is 0.0846. The number of aromatic hydroxyl groups is 1. The second-order valence-electron chi connectivity index (χ2n) is 9.52. The highest BCUT2D eigenvalue weighted by Crippen LogP contribution is 2.48. The molecule has 1 N–H and O–H groups in total. The van der Waals surface area contributed by atoms with Crippen molar-refractivity contribution in [1.82, 2.24) is 9.88 Å². The minimum Gasteiger partial charge on any atom is -0.508 e. The van der Waals surface area contributed by atoms with E-state index in [9.17, 15) is 5.11 Å². The predicted molar refractivity (Wildman–Crippen MR) is 116 cm³/mol. The summed E-state index contributed by atoms with van der Waals surface area (Å²) in [4.78, 5) is 7.81. The molecule has 0 radical (unpaired) electrons. The monoisotopic (exact) mass is 384 g/mol. The second kappa shape index (κ2) is 6.56. The van der Waals surface area contributed by atoms with Gasteiger partial charge in [-0.25, -0.2) is 0 Å². The van der Waals surface area contributed by atoms with Crippen molar-refractivity contribution in [3.05, 3.63) is 71.4 Å². The maximum Gasteiger partial charge on any atom is 0.115 e. The number of phenols is 1. The van der Waals surface area contributed by atoms with E-state index in [4.69, 9.17) is 4.98 Å². The summed E-state index contributed by atoms with van der Waals surface area (Å²) in [6, 6.07) is 18.9. The fourth-order valence-electron chi connectivity index (χ4n) is 5.85. The van der Waals surface area contributed by atoms with E-state index in [-0.39, 0.29) is 5.41 Å². The molecule has 6 rings (SSSR count). The highest BCUT2D eigenvalue weighted by molar-refractivity contribution is 5.79. The molecule has 0 spiro atoms. The van der Waals surface area contributed by atoms with Crippen LogP contribution in [0.5, 0.6) is 5.75 Å². The Kier molecular flexibility index (Phi) is 3.95. The van der Waals surface area contributed by atoms with Gasteiger partial charge in [0.15, 0.2) is 0 Å². The van der Waals surface area contributed by atoms with Crippen LogP contribution >= 0.6 is 0 Å². The third-order valence-corrected chi connectivity index (χ3v) is 7.61. The summed E-state index contributed by atoms with van der Waals surface area (Å²) in [5.74, 6) is 1.89. The number of phenolic OH excluding ortho intramolecular Hbond substituents is 1. The Morgan fingerprint density at radius 2 is 1.97 bits per heavy atom. The maximum absolute atomic E-state index is 10.2. The molecular formula is C26H28N2O. The van der Waals surface area contributed by atoms with Gasteiger partial charge in [-0.1, -0.05) is 30.3 Å². The first-order valence-corrected chi connectivity index (χ1v) is 11.1. The van der Waals surface area contributed by atoms with E-state index in [1.54, 1.807) is 6.07 Å². The van der Waals surface area contributed by atoms with E-state index in [1.165, 1.54) is 48.1 Å². The smallest absolute Gasteiger partial charge is 0.115 e. The average Bonchev–Trinajstić information content (AvgIpc) is 3.55. The average molecular weight is 385 g/mol. The molecule has 3 heteroatoms. The lowest BCUT2D eigenvalue weighted by molar-refractivity contribution is 0.0777. The normalized spacial score (nSPS) is 26.8. The summed E-state index contributed by atoms with van der Waals surface area (Å²) in [5.41, 5.74) is 5.18. The lowest BCUT2D eigenvalue weighted by Gasteiger charge is -2.51. The fourth-order valence-corrected chi connectivity index (χ4v) is 5.85. The largest absolute Gasteiger partial charge is 0.508 e. The Labute approximate surface area is 172 Å². The van der Waals surface area contributed by atoms with Gasteiger partial charge >= 0.3 is 0 Å². The van der Waals surface area contributed by atoms with Crippen molar-refractivity contribution in [3.63, 3.8) is 0 Å². The highest BCUT2D eigenvalue weighted by Gasteiger charge is 2.48. The van der Waals surface area contributed by atoms with Crippen LogP contribution < -0.4 is 0 Å². The first-order chi connectivity index (χ1) is 14.2. The second-order valence-corrected chi connectivity index (χ2v) is 9.52. The van der Waals surface area contributed by atoms with Gasteiger partial charge < -0.3 is 10.0 Å². The third-order valence-electron chi connectivity index (χ3n) is 7.61. The Morgan fingerprint density at radius 3 is 2.83 bits per heavy atom. The number of hydrogen-bond acceptors (Lipinski definition) is 3. The molecule has 0 unspecified atom stereocenters. The van der Waals surface area contributed by atoms with Crippen LogP contribution in [0, 0.1) is 11.8 Å². The zero-order valence-corrected chi connectivity index (χ0v) is 16.8. The van der Waals surface area contributed by atoms with Gasteiger partial charge in [0, 0.05) is 36.0 Å². The van der Waals surface area contributed by atoms with Crippen molar-refractivity contribution < 1.29 is 5.11 Å². The molecule has 1 saturated carbocycles. The number of aromatic nitrogens is 1. The van der Waals surface area contributed by atoms with Crippen LogP contribution in [0.4, 0.5) is 0 Å². The molecule has 2 fully saturated rings. The van der Waals surface area contributed by atoms with E-state index < -0.39 is 0 Å². The first-order valence-electron chi connectivity index (χ1n) is 11.1. The summed E-state index contributed by atoms with van der Waals surface area (Å²) in [6.07, 6.45) is 6.06. The molecule has 1 aliphatic heterocycles. The van der Waals surface area contributed by atoms with Gasteiger partial charge in [0.25, 0.3) is 0 Å². The van der Waals surface area contributed by atoms with Gasteiger partial charge in [-0.15, -0.1) is 0 Å². The fraction of sp³-hybridized carbons (Fsp3) is 0.423. The summed E-state index contributed by atoms with van der Waals surface area (Å²) >= 11 is 0. The van der Waals surface area contributed by atoms with Gasteiger partial charge in [0.05, 0.1) is 5.52 Å². The standard InChI is InChI=1S/C26H28N2O/c29-23-6-3-5-21(14-23)26-10-11-28(16-18-8-9-18)17-22(26)13-20-12-19-4-1-2-7-24(19)27-25(20)15-26/h1-7,12,14,18,22,29H,8-11,13,15-17H2/t22-,26+/m1/s1. The number of rotatable bonds is 3. The lowest BCUT2D eigenvalue weighted by Crippen LogP contribution is -2.54. The summed E-state index contributed by atoms with van der Waals surface area (Å²) in [7, 11) is 0. The van der Waals surface area contributed by atoms with E-state index in [0.29, 0.717) is 11.7 Å². The molecule has 1 saturated heterocycles. The zero-order chi connectivity index (χ0) is 19.4. The number of hydrogen-bond donors (Lipinski definition) is 1. The minimum absolute atomic E-state index is 0.0846. The molecule has 29 heavy (non-hydrogen) atoms. The number of pyridine rings is 1. The van der Waals surface area contributed by atoms with E-state index in [0.717, 1.165) is 37.2 Å². The van der Waals surface area contributed by atoms with Crippen LogP contribution in [-0.4, -0.2) is 34.6 Å². The van der Waals surface area contributed by atoms with Gasteiger partial charge in [0.2, 0.25) is 0 Å². The van der Waals surface area contributed by atoms with Crippen LogP contribution in [0.3, 0.4) is 0 Å². The number of para-hydroxylation sites is 1. The predicted octanol–water partition coefficient (Wildman–Crippen LogP) is 4.71. The van der Waals surface area contributed by atoms with Crippen molar-refractivity contribution in [2.75, 3.05) is 19.6 Å². The first kappa shape index (κ1) is 17.5. The van der Waals surface area contributed by atoms with Crippen LogP contribution in [0.1, 0.15) is 36.1 Å². The summed E-state index contributed by atoms with van der Waals surface area (Å²) in [5, 5.41) is 11.5. The van der Waals surface area contributed by atoms with Gasteiger partial charge in [-0.3, -0.25) is 4.98 Å². The van der Waals surface area contributed by atoms with Crippen molar-refractivity contribution in [1.29, 1.82) is 0 Å². The zero-order valence-electron chi connectivity index (χ0n) is 16.8. The molecule has 0 bridgehead atoms. The molecule has 3 aromatic rings. The molecule has 2 atom stereocenters. The number of benzene rings is 2. The molecule has 148 valence electrons. The Morgan fingerprint density at radius 1 is 1.07 bits per heavy atom. The molecule has 3 nitrogen and oxygen atoms in total. The van der Waals surface area contributed by atoms with Crippen molar-refractivity contribution in [3.8, 4) is 5.75 Å². The maximum atomic E-state index is 10.2. The Hall–Kier alpha value is -2.39.